The molecule has 1 heterocycles. The van der Waals surface area contributed by atoms with Gasteiger partial charge in [0.2, 0.25) is 5.91 Å². The molecule has 1 N–H and O–H groups in total. The van der Waals surface area contributed by atoms with Crippen molar-refractivity contribution in [3.05, 3.63) is 59.4 Å². The first kappa shape index (κ1) is 17.9. The Balaban J connectivity index is 2.00. The number of fused-ring (bicyclic) bond motifs is 1. The third-order valence-electron chi connectivity index (χ3n) is 4.37. The average Bonchev–Trinajstić information content (AvgIpc) is 2.98. The number of ether oxygens (including phenoxy) is 2. The van der Waals surface area contributed by atoms with Crippen LogP contribution in [0.25, 0.3) is 11.0 Å². The molecule has 0 aliphatic carbocycles. The molecule has 1 amide bonds. The summed E-state index contributed by atoms with van der Waals surface area (Å²) in [5, 5.41) is 3.87. The molecule has 0 unspecified atom stereocenters. The van der Waals surface area contributed by atoms with Crippen LogP contribution in [0.5, 0.6) is 11.5 Å². The molecule has 2 aromatic carbocycles. The summed E-state index contributed by atoms with van der Waals surface area (Å²) < 4.78 is 17.0. The van der Waals surface area contributed by atoms with Gasteiger partial charge in [0.25, 0.3) is 0 Å². The highest BCUT2D eigenvalue weighted by Crippen LogP contribution is 2.32. The van der Waals surface area contributed by atoms with Gasteiger partial charge in [-0.2, -0.15) is 0 Å². The fourth-order valence-corrected chi connectivity index (χ4v) is 3.11. The summed E-state index contributed by atoms with van der Waals surface area (Å²) in [5.41, 5.74) is 2.95. The predicted molar refractivity (Wildman–Crippen MR) is 101 cm³/mol. The first-order valence-corrected chi connectivity index (χ1v) is 8.57. The van der Waals surface area contributed by atoms with Gasteiger partial charge in [-0.25, -0.2) is 0 Å². The summed E-state index contributed by atoms with van der Waals surface area (Å²) in [6.45, 7) is 2.08. The van der Waals surface area contributed by atoms with E-state index in [1.807, 2.05) is 42.5 Å². The molecule has 0 bridgehead atoms. The molecule has 0 radical (unpaired) electrons. The SMILES string of the molecule is COc1ccc2oc(Cc3ccccc3OC)c(CCNC(C)=O)c2c1. The molecule has 136 valence electrons. The van der Waals surface area contributed by atoms with Crippen molar-refractivity contribution in [3.8, 4) is 11.5 Å². The molecule has 5 nitrogen and oxygen atoms in total. The second kappa shape index (κ2) is 7.95. The summed E-state index contributed by atoms with van der Waals surface area (Å²) in [4.78, 5) is 11.2. The molecule has 1 aromatic heterocycles. The van der Waals surface area contributed by atoms with Gasteiger partial charge >= 0.3 is 0 Å². The fraction of sp³-hybridized carbons (Fsp3) is 0.286. The standard InChI is InChI=1S/C21H23NO4/c1-14(23)22-11-10-17-18-13-16(24-2)8-9-20(18)26-21(17)12-15-6-4-5-7-19(15)25-3/h4-9,13H,10-12H2,1-3H3,(H,22,23). The van der Waals surface area contributed by atoms with Crippen molar-refractivity contribution >= 4 is 16.9 Å². The Morgan fingerprint density at radius 1 is 1.12 bits per heavy atom. The van der Waals surface area contributed by atoms with Crippen molar-refractivity contribution in [1.82, 2.24) is 5.32 Å². The number of hydrogen-bond acceptors (Lipinski definition) is 4. The third-order valence-corrected chi connectivity index (χ3v) is 4.37. The molecule has 0 aliphatic rings. The van der Waals surface area contributed by atoms with Crippen LogP contribution in [0.15, 0.2) is 46.9 Å². The van der Waals surface area contributed by atoms with Crippen LogP contribution in [0, 0.1) is 0 Å². The van der Waals surface area contributed by atoms with E-state index in [1.165, 1.54) is 6.92 Å². The Hall–Kier alpha value is -2.95. The van der Waals surface area contributed by atoms with Gasteiger partial charge in [-0.1, -0.05) is 18.2 Å². The molecular weight excluding hydrogens is 330 g/mol. The van der Waals surface area contributed by atoms with Crippen LogP contribution >= 0.6 is 0 Å². The molecule has 26 heavy (non-hydrogen) atoms. The van der Waals surface area contributed by atoms with Crippen LogP contribution < -0.4 is 14.8 Å². The zero-order valence-corrected chi connectivity index (χ0v) is 15.3. The molecule has 0 spiro atoms. The molecule has 5 heteroatoms. The number of carbonyl (C=O) groups excluding carboxylic acids is 1. The van der Waals surface area contributed by atoms with E-state index in [0.717, 1.165) is 39.4 Å². The minimum atomic E-state index is -0.0401. The van der Waals surface area contributed by atoms with Gasteiger partial charge in [0.15, 0.2) is 0 Å². The van der Waals surface area contributed by atoms with Crippen molar-refractivity contribution < 1.29 is 18.7 Å². The quantitative estimate of drug-likeness (QED) is 0.703. The molecule has 0 atom stereocenters. The molecule has 3 rings (SSSR count). The summed E-state index contributed by atoms with van der Waals surface area (Å²) in [5.74, 6) is 2.45. The fourth-order valence-electron chi connectivity index (χ4n) is 3.11. The number of amides is 1. The number of carbonyl (C=O) groups is 1. The Kier molecular flexibility index (Phi) is 5.46. The van der Waals surface area contributed by atoms with E-state index in [-0.39, 0.29) is 5.91 Å². The van der Waals surface area contributed by atoms with Crippen molar-refractivity contribution in [2.24, 2.45) is 0 Å². The summed E-state index contributed by atoms with van der Waals surface area (Å²) >= 11 is 0. The van der Waals surface area contributed by atoms with Crippen LogP contribution in [-0.2, 0) is 17.6 Å². The van der Waals surface area contributed by atoms with E-state index in [0.29, 0.717) is 19.4 Å². The maximum Gasteiger partial charge on any atom is 0.216 e. The number of hydrogen-bond donors (Lipinski definition) is 1. The van der Waals surface area contributed by atoms with Crippen LogP contribution in [0.4, 0.5) is 0 Å². The lowest BCUT2D eigenvalue weighted by molar-refractivity contribution is -0.118. The minimum absolute atomic E-state index is 0.0401. The van der Waals surface area contributed by atoms with Crippen LogP contribution in [0.3, 0.4) is 0 Å². The molecule has 3 aromatic rings. The van der Waals surface area contributed by atoms with E-state index >= 15 is 0 Å². The van der Waals surface area contributed by atoms with E-state index in [9.17, 15) is 4.79 Å². The highest BCUT2D eigenvalue weighted by atomic mass is 16.5. The number of benzene rings is 2. The Bertz CT molecular complexity index is 914. The molecule has 0 aliphatic heterocycles. The predicted octanol–water partition coefficient (Wildman–Crippen LogP) is 3.72. The smallest absolute Gasteiger partial charge is 0.216 e. The Morgan fingerprint density at radius 2 is 1.92 bits per heavy atom. The van der Waals surface area contributed by atoms with E-state index in [2.05, 4.69) is 5.32 Å². The third kappa shape index (κ3) is 3.82. The van der Waals surface area contributed by atoms with Crippen molar-refractivity contribution in [2.45, 2.75) is 19.8 Å². The number of para-hydroxylation sites is 1. The highest BCUT2D eigenvalue weighted by Gasteiger charge is 2.17. The summed E-state index contributed by atoms with van der Waals surface area (Å²) in [6, 6.07) is 13.7. The molecular formula is C21H23NO4. The number of methoxy groups -OCH3 is 2. The second-order valence-corrected chi connectivity index (χ2v) is 6.09. The normalized spacial score (nSPS) is 10.7. The lowest BCUT2D eigenvalue weighted by atomic mass is 10.0. The van der Waals surface area contributed by atoms with Gasteiger partial charge in [-0.05, 0) is 30.7 Å². The first-order valence-electron chi connectivity index (χ1n) is 8.57. The lowest BCUT2D eigenvalue weighted by Crippen LogP contribution is -2.22. The second-order valence-electron chi connectivity index (χ2n) is 6.09. The minimum Gasteiger partial charge on any atom is -0.497 e. The van der Waals surface area contributed by atoms with E-state index in [1.54, 1.807) is 14.2 Å². The van der Waals surface area contributed by atoms with Crippen molar-refractivity contribution in [3.63, 3.8) is 0 Å². The van der Waals surface area contributed by atoms with Crippen molar-refractivity contribution in [2.75, 3.05) is 20.8 Å². The summed E-state index contributed by atoms with van der Waals surface area (Å²) in [6.07, 6.45) is 1.31. The lowest BCUT2D eigenvalue weighted by Gasteiger charge is -2.08. The van der Waals surface area contributed by atoms with E-state index in [4.69, 9.17) is 13.9 Å². The molecule has 0 saturated heterocycles. The van der Waals surface area contributed by atoms with Gasteiger partial charge < -0.3 is 19.2 Å². The van der Waals surface area contributed by atoms with Gasteiger partial charge in [0.1, 0.15) is 22.8 Å². The molecule has 0 saturated carbocycles. The number of furan rings is 1. The molecule has 0 fully saturated rings. The van der Waals surface area contributed by atoms with Gasteiger partial charge in [0, 0.05) is 36.4 Å². The first-order chi connectivity index (χ1) is 12.6. The zero-order chi connectivity index (χ0) is 18.5. The Labute approximate surface area is 152 Å². The average molecular weight is 353 g/mol. The topological polar surface area (TPSA) is 60.7 Å². The monoisotopic (exact) mass is 353 g/mol. The largest absolute Gasteiger partial charge is 0.497 e. The number of rotatable bonds is 7. The van der Waals surface area contributed by atoms with Crippen LogP contribution in [-0.4, -0.2) is 26.7 Å². The number of nitrogens with one attached hydrogen (secondary N) is 1. The van der Waals surface area contributed by atoms with Gasteiger partial charge in [-0.3, -0.25) is 4.79 Å². The van der Waals surface area contributed by atoms with Crippen LogP contribution in [0.1, 0.15) is 23.8 Å². The van der Waals surface area contributed by atoms with E-state index < -0.39 is 0 Å². The van der Waals surface area contributed by atoms with Crippen molar-refractivity contribution in [1.29, 1.82) is 0 Å². The summed E-state index contributed by atoms with van der Waals surface area (Å²) in [7, 11) is 3.31. The zero-order valence-electron chi connectivity index (χ0n) is 15.3. The Morgan fingerprint density at radius 3 is 2.65 bits per heavy atom. The maximum absolute atomic E-state index is 11.2. The van der Waals surface area contributed by atoms with Crippen LogP contribution in [0.2, 0.25) is 0 Å². The maximum atomic E-state index is 11.2. The highest BCUT2D eigenvalue weighted by molar-refractivity contribution is 5.84. The van der Waals surface area contributed by atoms with Gasteiger partial charge in [0.05, 0.1) is 14.2 Å². The van der Waals surface area contributed by atoms with Gasteiger partial charge in [-0.15, -0.1) is 0 Å².